The molecule has 1 atom stereocenters. The van der Waals surface area contributed by atoms with Crippen LogP contribution in [-0.4, -0.2) is 32.3 Å². The van der Waals surface area contributed by atoms with Crippen molar-refractivity contribution in [1.29, 1.82) is 0 Å². The monoisotopic (exact) mass is 355 g/mol. The molecule has 3 aromatic rings. The smallest absolute Gasteiger partial charge is 0.332 e. The molecule has 136 valence electrons. The van der Waals surface area contributed by atoms with Gasteiger partial charge in [0.15, 0.2) is 11.2 Å². The third-order valence-electron chi connectivity index (χ3n) is 4.93. The van der Waals surface area contributed by atoms with E-state index < -0.39 is 0 Å². The number of nitrogens with zero attached hydrogens (tertiary/aromatic N) is 5. The molecule has 0 unspecified atom stereocenters. The highest BCUT2D eigenvalue weighted by atomic mass is 16.5. The molecule has 2 aromatic heterocycles. The van der Waals surface area contributed by atoms with E-state index in [1.165, 1.54) is 11.6 Å². The molecule has 0 N–H and O–H groups in total. The molecule has 26 heavy (non-hydrogen) atoms. The number of benzene rings is 1. The highest BCUT2D eigenvalue weighted by molar-refractivity contribution is 5.78. The second-order valence-corrected chi connectivity index (χ2v) is 6.79. The number of methoxy groups -OCH3 is 1. The summed E-state index contributed by atoms with van der Waals surface area (Å²) in [4.78, 5) is 31.7. The highest BCUT2D eigenvalue weighted by Crippen LogP contribution is 2.37. The van der Waals surface area contributed by atoms with E-state index in [0.717, 1.165) is 22.5 Å². The Kier molecular flexibility index (Phi) is 3.64. The van der Waals surface area contributed by atoms with E-state index in [-0.39, 0.29) is 11.2 Å². The molecule has 1 aliphatic heterocycles. The zero-order valence-corrected chi connectivity index (χ0v) is 15.3. The van der Waals surface area contributed by atoms with Gasteiger partial charge in [-0.2, -0.15) is 4.98 Å². The average molecular weight is 355 g/mol. The number of hydrogen-bond donors (Lipinski definition) is 0. The van der Waals surface area contributed by atoms with Gasteiger partial charge in [0.25, 0.3) is 5.56 Å². The Balaban J connectivity index is 2.05. The first-order valence-electron chi connectivity index (χ1n) is 8.50. The fourth-order valence-electron chi connectivity index (χ4n) is 3.64. The molecule has 0 amide bonds. The Morgan fingerprint density at radius 2 is 1.85 bits per heavy atom. The number of rotatable bonds is 2. The van der Waals surface area contributed by atoms with Gasteiger partial charge < -0.3 is 14.2 Å². The second-order valence-electron chi connectivity index (χ2n) is 6.79. The molecular weight excluding hydrogens is 334 g/mol. The lowest BCUT2D eigenvalue weighted by atomic mass is 10.1. The molecule has 0 fully saturated rings. The predicted octanol–water partition coefficient (Wildman–Crippen LogP) is 1.23. The Labute approximate surface area is 149 Å². The lowest BCUT2D eigenvalue weighted by molar-refractivity contribution is 0.409. The summed E-state index contributed by atoms with van der Waals surface area (Å²) in [5.74, 6) is 1.69. The summed E-state index contributed by atoms with van der Waals surface area (Å²) in [7, 11) is 4.77. The molecular formula is C18H21N5O3. The third-order valence-corrected chi connectivity index (χ3v) is 4.93. The van der Waals surface area contributed by atoms with Crippen molar-refractivity contribution in [3.8, 4) is 5.75 Å². The minimum Gasteiger partial charge on any atom is -0.495 e. The van der Waals surface area contributed by atoms with E-state index in [2.05, 4.69) is 16.8 Å². The van der Waals surface area contributed by atoms with Crippen molar-refractivity contribution in [2.24, 2.45) is 20.0 Å². The summed E-state index contributed by atoms with van der Waals surface area (Å²) in [5, 5.41) is 0. The van der Waals surface area contributed by atoms with Gasteiger partial charge in [0.05, 0.1) is 12.8 Å². The van der Waals surface area contributed by atoms with Crippen LogP contribution in [0.5, 0.6) is 5.75 Å². The fourth-order valence-corrected chi connectivity index (χ4v) is 3.64. The third kappa shape index (κ3) is 2.18. The maximum atomic E-state index is 12.8. The minimum atomic E-state index is -0.380. The average Bonchev–Trinajstić information content (AvgIpc) is 3.03. The molecule has 0 aliphatic carbocycles. The van der Waals surface area contributed by atoms with Crippen molar-refractivity contribution in [3.05, 3.63) is 45.1 Å². The van der Waals surface area contributed by atoms with E-state index in [4.69, 9.17) is 4.74 Å². The molecule has 4 rings (SSSR count). The van der Waals surface area contributed by atoms with Crippen molar-refractivity contribution in [2.45, 2.75) is 13.5 Å². The highest BCUT2D eigenvalue weighted by Gasteiger charge is 2.30. The first-order valence-corrected chi connectivity index (χ1v) is 8.50. The zero-order valence-electron chi connectivity index (χ0n) is 15.3. The van der Waals surface area contributed by atoms with Crippen molar-refractivity contribution >= 4 is 22.8 Å². The lowest BCUT2D eigenvalue weighted by Gasteiger charge is -2.33. The number of imidazole rings is 1. The van der Waals surface area contributed by atoms with Gasteiger partial charge in [-0.1, -0.05) is 19.1 Å². The Morgan fingerprint density at radius 1 is 1.12 bits per heavy atom. The van der Waals surface area contributed by atoms with Crippen LogP contribution in [0.25, 0.3) is 11.2 Å². The van der Waals surface area contributed by atoms with Crippen LogP contribution >= 0.6 is 0 Å². The van der Waals surface area contributed by atoms with Crippen LogP contribution < -0.4 is 20.9 Å². The molecule has 8 nitrogen and oxygen atoms in total. The topological polar surface area (TPSA) is 74.3 Å². The number of para-hydroxylation sites is 2. The number of aromatic nitrogens is 4. The van der Waals surface area contributed by atoms with Crippen LogP contribution in [0.3, 0.4) is 0 Å². The van der Waals surface area contributed by atoms with Crippen molar-refractivity contribution in [2.75, 3.05) is 18.6 Å². The van der Waals surface area contributed by atoms with E-state index >= 15 is 0 Å². The number of hydrogen-bond acceptors (Lipinski definition) is 5. The molecule has 0 bridgehead atoms. The van der Waals surface area contributed by atoms with Gasteiger partial charge in [-0.05, 0) is 18.1 Å². The standard InChI is InChI=1S/C18H21N5O3/c1-11-9-22(12-7-5-6-8-13(12)26-4)17-19-15-14(23(17)10-11)16(24)21(3)18(25)20(15)2/h5-8,11H,9-10H2,1-4H3/t11-/m0/s1. The molecule has 1 aromatic carbocycles. The summed E-state index contributed by atoms with van der Waals surface area (Å²) < 4.78 is 9.98. The summed E-state index contributed by atoms with van der Waals surface area (Å²) in [6.07, 6.45) is 0. The SMILES string of the molecule is COc1ccccc1N1C[C@H](C)Cn2c1nc1c2c(=O)n(C)c(=O)n1C. The number of fused-ring (bicyclic) bond motifs is 3. The van der Waals surface area contributed by atoms with Gasteiger partial charge >= 0.3 is 5.69 Å². The zero-order chi connectivity index (χ0) is 18.6. The van der Waals surface area contributed by atoms with Crippen LogP contribution in [0.15, 0.2) is 33.9 Å². The second kappa shape index (κ2) is 5.76. The number of anilines is 2. The van der Waals surface area contributed by atoms with Gasteiger partial charge in [0, 0.05) is 27.2 Å². The molecule has 1 aliphatic rings. The van der Waals surface area contributed by atoms with Gasteiger partial charge in [-0.15, -0.1) is 0 Å². The van der Waals surface area contributed by atoms with Crippen LogP contribution in [0.2, 0.25) is 0 Å². The summed E-state index contributed by atoms with van der Waals surface area (Å²) in [5.41, 5.74) is 1.05. The maximum absolute atomic E-state index is 12.8. The number of aryl methyl sites for hydroxylation is 1. The Morgan fingerprint density at radius 3 is 2.58 bits per heavy atom. The predicted molar refractivity (Wildman–Crippen MR) is 99.4 cm³/mol. The van der Waals surface area contributed by atoms with E-state index in [0.29, 0.717) is 29.6 Å². The van der Waals surface area contributed by atoms with Crippen molar-refractivity contribution in [3.63, 3.8) is 0 Å². The molecule has 0 radical (unpaired) electrons. The van der Waals surface area contributed by atoms with Crippen LogP contribution in [0.1, 0.15) is 6.92 Å². The number of ether oxygens (including phenoxy) is 1. The van der Waals surface area contributed by atoms with E-state index in [1.54, 1.807) is 14.2 Å². The van der Waals surface area contributed by atoms with E-state index in [9.17, 15) is 9.59 Å². The normalized spacial score (nSPS) is 16.8. The fraction of sp³-hybridized carbons (Fsp3) is 0.389. The van der Waals surface area contributed by atoms with Crippen molar-refractivity contribution in [1.82, 2.24) is 18.7 Å². The largest absolute Gasteiger partial charge is 0.495 e. The molecule has 8 heteroatoms. The summed E-state index contributed by atoms with van der Waals surface area (Å²) >= 11 is 0. The van der Waals surface area contributed by atoms with Crippen molar-refractivity contribution < 1.29 is 4.74 Å². The maximum Gasteiger partial charge on any atom is 0.332 e. The Hall–Kier alpha value is -3.03. The first-order chi connectivity index (χ1) is 12.4. The molecule has 0 saturated heterocycles. The van der Waals surface area contributed by atoms with Gasteiger partial charge in [0.1, 0.15) is 5.75 Å². The van der Waals surface area contributed by atoms with E-state index in [1.807, 2.05) is 28.8 Å². The van der Waals surface area contributed by atoms with Gasteiger partial charge in [-0.3, -0.25) is 13.9 Å². The summed E-state index contributed by atoms with van der Waals surface area (Å²) in [6.45, 7) is 3.55. The Bertz CT molecular complexity index is 1120. The van der Waals surface area contributed by atoms with Gasteiger partial charge in [0.2, 0.25) is 5.95 Å². The van der Waals surface area contributed by atoms with Crippen LogP contribution in [0.4, 0.5) is 11.6 Å². The van der Waals surface area contributed by atoms with Crippen LogP contribution in [-0.2, 0) is 20.6 Å². The van der Waals surface area contributed by atoms with Crippen LogP contribution in [0, 0.1) is 5.92 Å². The first kappa shape index (κ1) is 16.4. The van der Waals surface area contributed by atoms with Gasteiger partial charge in [-0.25, -0.2) is 4.79 Å². The summed E-state index contributed by atoms with van der Waals surface area (Å²) in [6, 6.07) is 7.73. The molecule has 0 spiro atoms. The minimum absolute atomic E-state index is 0.298. The lowest BCUT2D eigenvalue weighted by Crippen LogP contribution is -2.38. The molecule has 3 heterocycles. The molecule has 0 saturated carbocycles. The quantitative estimate of drug-likeness (QED) is 0.691.